The summed E-state index contributed by atoms with van der Waals surface area (Å²) in [7, 11) is -3.91. The third-order valence-corrected chi connectivity index (χ3v) is 6.05. The summed E-state index contributed by atoms with van der Waals surface area (Å²) in [5, 5.41) is 12.1. The number of nitrogens with one attached hydrogen (secondary N) is 1. The fraction of sp³-hybridized carbons (Fsp3) is 0.462. The zero-order valence-corrected chi connectivity index (χ0v) is 13.8. The maximum atomic E-state index is 12.7. The number of carboxylic acids is 1. The largest absolute Gasteiger partial charge is 0.480 e. The van der Waals surface area contributed by atoms with E-state index in [1.165, 1.54) is 18.2 Å². The first kappa shape index (κ1) is 17.5. The maximum absolute atomic E-state index is 12.7. The Hall–Kier alpha value is -0.860. The minimum Gasteiger partial charge on any atom is -0.480 e. The van der Waals surface area contributed by atoms with Gasteiger partial charge in [0.1, 0.15) is 6.61 Å². The molecule has 2 unspecified atom stereocenters. The van der Waals surface area contributed by atoms with Crippen LogP contribution >= 0.6 is 23.2 Å². The van der Waals surface area contributed by atoms with Gasteiger partial charge in [-0.15, -0.1) is 0 Å². The van der Waals surface area contributed by atoms with Gasteiger partial charge in [-0.05, 0) is 37.6 Å². The molecule has 1 saturated heterocycles. The molecule has 1 fully saturated rings. The van der Waals surface area contributed by atoms with E-state index in [0.717, 1.165) is 6.42 Å². The highest BCUT2D eigenvalue weighted by molar-refractivity contribution is 7.92. The van der Waals surface area contributed by atoms with Crippen LogP contribution in [-0.4, -0.2) is 44.1 Å². The van der Waals surface area contributed by atoms with Crippen LogP contribution in [0.15, 0.2) is 23.1 Å². The summed E-state index contributed by atoms with van der Waals surface area (Å²) in [5.74, 6) is -1.23. The normalized spacial score (nSPS) is 20.0. The first-order valence-corrected chi connectivity index (χ1v) is 8.88. The third-order valence-electron chi connectivity index (χ3n) is 3.32. The van der Waals surface area contributed by atoms with Crippen LogP contribution in [0.25, 0.3) is 0 Å². The molecule has 6 nitrogen and oxygen atoms in total. The number of sulfone groups is 1. The fourth-order valence-electron chi connectivity index (χ4n) is 2.31. The van der Waals surface area contributed by atoms with Crippen LogP contribution in [0, 0.1) is 0 Å². The number of carbonyl (C=O) groups is 1. The molecule has 1 heterocycles. The molecular weight excluding hydrogens is 353 g/mol. The van der Waals surface area contributed by atoms with Crippen molar-refractivity contribution in [2.75, 3.05) is 13.2 Å². The standard InChI is InChI=1S/C13H15Cl2NO5S/c14-9-4-3-8(6-10(9)15)22(19,20)13(21-7-12(17)18)11-2-1-5-16-11/h3-4,6,11,13,16H,1-2,5,7H2,(H,17,18). The molecule has 22 heavy (non-hydrogen) atoms. The van der Waals surface area contributed by atoms with Crippen LogP contribution in [0.3, 0.4) is 0 Å². The molecule has 0 saturated carbocycles. The van der Waals surface area contributed by atoms with E-state index in [2.05, 4.69) is 5.32 Å². The Morgan fingerprint density at radius 2 is 2.14 bits per heavy atom. The van der Waals surface area contributed by atoms with Gasteiger partial charge in [0.2, 0.25) is 9.84 Å². The highest BCUT2D eigenvalue weighted by Crippen LogP contribution is 2.29. The summed E-state index contributed by atoms with van der Waals surface area (Å²) in [5.41, 5.74) is -1.29. The lowest BCUT2D eigenvalue weighted by atomic mass is 10.2. The Morgan fingerprint density at radius 3 is 2.68 bits per heavy atom. The second kappa shape index (κ2) is 7.14. The summed E-state index contributed by atoms with van der Waals surface area (Å²) < 4.78 is 30.6. The van der Waals surface area contributed by atoms with E-state index in [1.54, 1.807) is 0 Å². The Bertz CT molecular complexity index is 658. The lowest BCUT2D eigenvalue weighted by molar-refractivity contribution is -0.143. The number of aliphatic carboxylic acids is 1. The number of rotatable bonds is 6. The molecule has 122 valence electrons. The average Bonchev–Trinajstić information content (AvgIpc) is 2.95. The predicted molar refractivity (Wildman–Crippen MR) is 82.0 cm³/mol. The Balaban J connectivity index is 2.34. The van der Waals surface area contributed by atoms with E-state index >= 15 is 0 Å². The highest BCUT2D eigenvalue weighted by atomic mass is 35.5. The quantitative estimate of drug-likeness (QED) is 0.797. The van der Waals surface area contributed by atoms with Crippen LogP contribution in [0.4, 0.5) is 0 Å². The maximum Gasteiger partial charge on any atom is 0.329 e. The van der Waals surface area contributed by atoms with Crippen molar-refractivity contribution in [1.82, 2.24) is 5.32 Å². The molecule has 1 aliphatic heterocycles. The minimum absolute atomic E-state index is 0.0500. The number of carboxylic acid groups (broad SMARTS) is 1. The zero-order valence-electron chi connectivity index (χ0n) is 11.5. The van der Waals surface area contributed by atoms with Crippen molar-refractivity contribution in [2.24, 2.45) is 0 Å². The number of hydrogen-bond acceptors (Lipinski definition) is 5. The van der Waals surface area contributed by atoms with Crippen molar-refractivity contribution in [1.29, 1.82) is 0 Å². The average molecular weight is 368 g/mol. The van der Waals surface area contributed by atoms with Crippen LogP contribution < -0.4 is 5.32 Å². The molecule has 0 radical (unpaired) electrons. The van der Waals surface area contributed by atoms with Gasteiger partial charge in [0.05, 0.1) is 14.9 Å². The summed E-state index contributed by atoms with van der Waals surface area (Å²) in [6.45, 7) is -0.0299. The fourth-order valence-corrected chi connectivity index (χ4v) is 4.39. The molecule has 2 rings (SSSR count). The molecule has 2 atom stereocenters. The first-order valence-electron chi connectivity index (χ1n) is 6.58. The molecule has 2 N–H and O–H groups in total. The van der Waals surface area contributed by atoms with Crippen molar-refractivity contribution < 1.29 is 23.1 Å². The van der Waals surface area contributed by atoms with E-state index < -0.39 is 33.9 Å². The van der Waals surface area contributed by atoms with E-state index in [4.69, 9.17) is 33.0 Å². The van der Waals surface area contributed by atoms with E-state index in [-0.39, 0.29) is 14.9 Å². The number of hydrogen-bond donors (Lipinski definition) is 2. The number of ether oxygens (including phenoxy) is 1. The van der Waals surface area contributed by atoms with E-state index in [9.17, 15) is 13.2 Å². The van der Waals surface area contributed by atoms with Crippen molar-refractivity contribution in [3.8, 4) is 0 Å². The second-order valence-electron chi connectivity index (χ2n) is 4.90. The Labute approximate surface area is 138 Å². The van der Waals surface area contributed by atoms with Gasteiger partial charge in [0.25, 0.3) is 0 Å². The van der Waals surface area contributed by atoms with E-state index in [1.807, 2.05) is 0 Å². The van der Waals surface area contributed by atoms with Crippen molar-refractivity contribution in [2.45, 2.75) is 29.2 Å². The SMILES string of the molecule is O=C(O)COC(C1CCCN1)S(=O)(=O)c1ccc(Cl)c(Cl)c1. The van der Waals surface area contributed by atoms with Crippen molar-refractivity contribution in [3.05, 3.63) is 28.2 Å². The molecule has 0 bridgehead atoms. The van der Waals surface area contributed by atoms with Gasteiger partial charge in [-0.2, -0.15) is 0 Å². The first-order chi connectivity index (χ1) is 10.3. The lowest BCUT2D eigenvalue weighted by Crippen LogP contribution is -2.43. The Morgan fingerprint density at radius 1 is 1.41 bits per heavy atom. The molecule has 0 aliphatic carbocycles. The molecule has 1 aromatic rings. The van der Waals surface area contributed by atoms with Crippen LogP contribution in [0.1, 0.15) is 12.8 Å². The summed E-state index contributed by atoms with van der Waals surface area (Å²) in [6.07, 6.45) is 1.39. The van der Waals surface area contributed by atoms with Gasteiger partial charge >= 0.3 is 5.97 Å². The molecular formula is C13H15Cl2NO5S. The lowest BCUT2D eigenvalue weighted by Gasteiger charge is -2.23. The molecule has 0 spiro atoms. The van der Waals surface area contributed by atoms with Gasteiger partial charge in [-0.25, -0.2) is 13.2 Å². The molecule has 0 amide bonds. The van der Waals surface area contributed by atoms with Crippen molar-refractivity contribution in [3.63, 3.8) is 0 Å². The van der Waals surface area contributed by atoms with E-state index in [0.29, 0.717) is 13.0 Å². The van der Waals surface area contributed by atoms with Gasteiger partial charge in [-0.3, -0.25) is 0 Å². The van der Waals surface area contributed by atoms with Gasteiger partial charge in [-0.1, -0.05) is 23.2 Å². The number of benzene rings is 1. The van der Waals surface area contributed by atoms with Crippen molar-refractivity contribution >= 4 is 39.0 Å². The highest BCUT2D eigenvalue weighted by Gasteiger charge is 2.37. The van der Waals surface area contributed by atoms with Gasteiger partial charge < -0.3 is 15.2 Å². The third kappa shape index (κ3) is 3.91. The monoisotopic (exact) mass is 367 g/mol. The summed E-state index contributed by atoms with van der Waals surface area (Å²) in [4.78, 5) is 10.7. The van der Waals surface area contributed by atoms with Crippen LogP contribution in [0.2, 0.25) is 10.0 Å². The predicted octanol–water partition coefficient (Wildman–Crippen LogP) is 1.95. The molecule has 1 aliphatic rings. The molecule has 0 aromatic heterocycles. The summed E-state index contributed by atoms with van der Waals surface area (Å²) in [6, 6.07) is 3.49. The summed E-state index contributed by atoms with van der Waals surface area (Å²) >= 11 is 11.7. The minimum atomic E-state index is -3.91. The zero-order chi connectivity index (χ0) is 16.3. The molecule has 9 heteroatoms. The van der Waals surface area contributed by atoms with Gasteiger partial charge in [0, 0.05) is 6.04 Å². The smallest absolute Gasteiger partial charge is 0.329 e. The Kier molecular flexibility index (Phi) is 5.68. The topological polar surface area (TPSA) is 92.7 Å². The second-order valence-corrected chi connectivity index (χ2v) is 7.74. The van der Waals surface area contributed by atoms with Crippen LogP contribution in [-0.2, 0) is 19.4 Å². The van der Waals surface area contributed by atoms with Crippen LogP contribution in [0.5, 0.6) is 0 Å². The molecule has 1 aromatic carbocycles. The van der Waals surface area contributed by atoms with Gasteiger partial charge in [0.15, 0.2) is 5.44 Å². The number of halogens is 2.